The Kier molecular flexibility index (Phi) is 5.97. The van der Waals surface area contributed by atoms with Gasteiger partial charge in [-0.1, -0.05) is 6.92 Å². The first-order chi connectivity index (χ1) is 7.65. The molecule has 0 aliphatic carbocycles. The van der Waals surface area contributed by atoms with E-state index in [-0.39, 0.29) is 0 Å². The van der Waals surface area contributed by atoms with Crippen molar-refractivity contribution in [3.8, 4) is 0 Å². The second-order valence-electron chi connectivity index (χ2n) is 3.98. The molecule has 0 saturated heterocycles. The smallest absolute Gasteiger partial charge is 0.145 e. The molecule has 0 aliphatic rings. The van der Waals surface area contributed by atoms with Crippen molar-refractivity contribution in [3.63, 3.8) is 0 Å². The summed E-state index contributed by atoms with van der Waals surface area (Å²) in [5.74, 6) is 1.05. The first kappa shape index (κ1) is 13.6. The molecule has 0 unspecified atom stereocenters. The van der Waals surface area contributed by atoms with Crippen LogP contribution >= 0.6 is 22.6 Å². The van der Waals surface area contributed by atoms with Gasteiger partial charge in [-0.25, -0.2) is 9.97 Å². The molecule has 0 aromatic carbocycles. The van der Waals surface area contributed by atoms with E-state index in [1.54, 1.807) is 6.33 Å². The zero-order valence-corrected chi connectivity index (χ0v) is 12.3. The molecule has 0 N–H and O–H groups in total. The predicted molar refractivity (Wildman–Crippen MR) is 75.8 cm³/mol. The fourth-order valence-electron chi connectivity index (χ4n) is 1.45. The molecule has 16 heavy (non-hydrogen) atoms. The molecule has 0 spiro atoms. The fourth-order valence-corrected chi connectivity index (χ4v) is 2.09. The van der Waals surface area contributed by atoms with Gasteiger partial charge < -0.3 is 9.80 Å². The van der Waals surface area contributed by atoms with E-state index in [0.29, 0.717) is 0 Å². The lowest BCUT2D eigenvalue weighted by Crippen LogP contribution is -2.33. The first-order valence-corrected chi connectivity index (χ1v) is 6.58. The predicted octanol–water partition coefficient (Wildman–Crippen LogP) is 1.86. The summed E-state index contributed by atoms with van der Waals surface area (Å²) in [6, 6.07) is 0. The number of hydrogen-bond acceptors (Lipinski definition) is 4. The summed E-state index contributed by atoms with van der Waals surface area (Å²) in [7, 11) is 4.18. The fraction of sp³-hybridized carbons (Fsp3) is 0.636. The Labute approximate surface area is 111 Å². The van der Waals surface area contributed by atoms with E-state index in [9.17, 15) is 0 Å². The minimum absolute atomic E-state index is 1.01. The molecular formula is C11H19IN4. The van der Waals surface area contributed by atoms with E-state index in [2.05, 4.69) is 63.4 Å². The van der Waals surface area contributed by atoms with Crippen LogP contribution in [0.3, 0.4) is 0 Å². The lowest BCUT2D eigenvalue weighted by Gasteiger charge is -2.25. The number of anilines is 1. The van der Waals surface area contributed by atoms with Crippen molar-refractivity contribution in [2.24, 2.45) is 0 Å². The molecule has 1 rings (SSSR count). The molecule has 0 radical (unpaired) electrons. The van der Waals surface area contributed by atoms with E-state index >= 15 is 0 Å². The maximum Gasteiger partial charge on any atom is 0.145 e. The molecule has 5 heteroatoms. The molecule has 1 aromatic heterocycles. The first-order valence-electron chi connectivity index (χ1n) is 5.50. The topological polar surface area (TPSA) is 32.3 Å². The number of aromatic nitrogens is 2. The molecule has 1 aromatic rings. The third kappa shape index (κ3) is 4.21. The van der Waals surface area contributed by atoms with E-state index < -0.39 is 0 Å². The highest BCUT2D eigenvalue weighted by Crippen LogP contribution is 2.17. The maximum atomic E-state index is 4.36. The van der Waals surface area contributed by atoms with Gasteiger partial charge in [0.2, 0.25) is 0 Å². The third-order valence-electron chi connectivity index (χ3n) is 2.26. The van der Waals surface area contributed by atoms with Gasteiger partial charge in [0.15, 0.2) is 0 Å². The SMILES string of the molecule is CCCN(CCN(C)C)c1ncncc1I. The summed E-state index contributed by atoms with van der Waals surface area (Å²) >= 11 is 2.29. The van der Waals surface area contributed by atoms with Crippen molar-refractivity contribution < 1.29 is 0 Å². The maximum absolute atomic E-state index is 4.36. The Morgan fingerprint density at radius 3 is 2.56 bits per heavy atom. The Morgan fingerprint density at radius 2 is 2.00 bits per heavy atom. The Morgan fingerprint density at radius 1 is 1.25 bits per heavy atom. The van der Waals surface area contributed by atoms with Crippen LogP contribution in [0.2, 0.25) is 0 Å². The van der Waals surface area contributed by atoms with Gasteiger partial charge >= 0.3 is 0 Å². The highest BCUT2D eigenvalue weighted by atomic mass is 127. The van der Waals surface area contributed by atoms with E-state index in [1.807, 2.05) is 6.20 Å². The van der Waals surface area contributed by atoms with Crippen LogP contribution in [-0.2, 0) is 0 Å². The van der Waals surface area contributed by atoms with Crippen molar-refractivity contribution in [1.82, 2.24) is 14.9 Å². The Bertz CT molecular complexity index is 317. The standard InChI is InChI=1S/C11H19IN4/c1-4-5-16(7-6-15(2)3)11-10(12)8-13-9-14-11/h8-9H,4-7H2,1-3H3. The van der Waals surface area contributed by atoms with E-state index in [4.69, 9.17) is 0 Å². The molecular weight excluding hydrogens is 315 g/mol. The van der Waals surface area contributed by atoms with Crippen LogP contribution in [0.4, 0.5) is 5.82 Å². The van der Waals surface area contributed by atoms with Crippen LogP contribution in [0.15, 0.2) is 12.5 Å². The lowest BCUT2D eigenvalue weighted by molar-refractivity contribution is 0.412. The monoisotopic (exact) mass is 334 g/mol. The van der Waals surface area contributed by atoms with Crippen molar-refractivity contribution in [2.45, 2.75) is 13.3 Å². The minimum atomic E-state index is 1.01. The van der Waals surface area contributed by atoms with Crippen LogP contribution in [0.5, 0.6) is 0 Å². The number of hydrogen-bond donors (Lipinski definition) is 0. The molecule has 0 bridgehead atoms. The summed E-state index contributed by atoms with van der Waals surface area (Å²) in [5, 5.41) is 0. The van der Waals surface area contributed by atoms with Gasteiger partial charge in [0.05, 0.1) is 3.57 Å². The summed E-state index contributed by atoms with van der Waals surface area (Å²) in [6.45, 7) is 5.28. The summed E-state index contributed by atoms with van der Waals surface area (Å²) < 4.78 is 1.12. The van der Waals surface area contributed by atoms with Crippen LogP contribution < -0.4 is 4.90 Å². The Balaban J connectivity index is 2.73. The molecule has 0 amide bonds. The van der Waals surface area contributed by atoms with Crippen LogP contribution in [-0.4, -0.2) is 48.6 Å². The average Bonchev–Trinajstić information content (AvgIpc) is 2.25. The van der Waals surface area contributed by atoms with Crippen molar-refractivity contribution in [2.75, 3.05) is 38.6 Å². The van der Waals surface area contributed by atoms with Crippen LogP contribution in [0, 0.1) is 3.57 Å². The lowest BCUT2D eigenvalue weighted by atomic mass is 10.3. The molecule has 0 saturated carbocycles. The second-order valence-corrected chi connectivity index (χ2v) is 5.15. The molecule has 90 valence electrons. The number of nitrogens with zero attached hydrogens (tertiary/aromatic N) is 4. The number of halogens is 1. The Hall–Kier alpha value is -0.430. The quantitative estimate of drug-likeness (QED) is 0.744. The van der Waals surface area contributed by atoms with Crippen molar-refractivity contribution in [3.05, 3.63) is 16.1 Å². The van der Waals surface area contributed by atoms with Crippen molar-refractivity contribution >= 4 is 28.4 Å². The molecule has 4 nitrogen and oxygen atoms in total. The largest absolute Gasteiger partial charge is 0.354 e. The second kappa shape index (κ2) is 7.01. The van der Waals surface area contributed by atoms with Gasteiger partial charge in [0, 0.05) is 25.8 Å². The summed E-state index contributed by atoms with van der Waals surface area (Å²) in [4.78, 5) is 12.9. The summed E-state index contributed by atoms with van der Waals surface area (Å²) in [6.07, 6.45) is 4.62. The van der Waals surface area contributed by atoms with E-state index in [0.717, 1.165) is 35.4 Å². The van der Waals surface area contributed by atoms with Crippen LogP contribution in [0.1, 0.15) is 13.3 Å². The zero-order valence-electron chi connectivity index (χ0n) is 10.1. The number of likely N-dealkylation sites (N-methyl/N-ethyl adjacent to an activating group) is 1. The zero-order chi connectivity index (χ0) is 12.0. The molecule has 0 fully saturated rings. The molecule has 0 aliphatic heterocycles. The van der Waals surface area contributed by atoms with Gasteiger partial charge in [-0.05, 0) is 43.1 Å². The normalized spacial score (nSPS) is 10.8. The molecule has 1 heterocycles. The minimum Gasteiger partial charge on any atom is -0.354 e. The average molecular weight is 334 g/mol. The third-order valence-corrected chi connectivity index (χ3v) is 3.02. The van der Waals surface area contributed by atoms with Crippen LogP contribution in [0.25, 0.3) is 0 Å². The van der Waals surface area contributed by atoms with Gasteiger partial charge in [-0.2, -0.15) is 0 Å². The van der Waals surface area contributed by atoms with E-state index in [1.165, 1.54) is 0 Å². The van der Waals surface area contributed by atoms with Crippen molar-refractivity contribution in [1.29, 1.82) is 0 Å². The highest BCUT2D eigenvalue weighted by molar-refractivity contribution is 14.1. The molecule has 0 atom stereocenters. The summed E-state index contributed by atoms with van der Waals surface area (Å²) in [5.41, 5.74) is 0. The number of rotatable bonds is 6. The van der Waals surface area contributed by atoms with Gasteiger partial charge in [-0.3, -0.25) is 0 Å². The van der Waals surface area contributed by atoms with Gasteiger partial charge in [0.1, 0.15) is 12.1 Å². The highest BCUT2D eigenvalue weighted by Gasteiger charge is 2.10. The van der Waals surface area contributed by atoms with Gasteiger partial charge in [0.25, 0.3) is 0 Å². The van der Waals surface area contributed by atoms with Gasteiger partial charge in [-0.15, -0.1) is 0 Å².